The van der Waals surface area contributed by atoms with Gasteiger partial charge in [-0.2, -0.15) is 0 Å². The van der Waals surface area contributed by atoms with Crippen LogP contribution in [0.15, 0.2) is 30.3 Å². The van der Waals surface area contributed by atoms with E-state index < -0.39 is 0 Å². The maximum atomic E-state index is 12.7. The summed E-state index contributed by atoms with van der Waals surface area (Å²) in [5.74, 6) is 1.12. The van der Waals surface area contributed by atoms with Crippen molar-refractivity contribution in [1.82, 2.24) is 4.98 Å². The zero-order valence-electron chi connectivity index (χ0n) is 28.8. The minimum Gasteiger partial charge on any atom is -0.463 e. The second kappa shape index (κ2) is 12.5. The van der Waals surface area contributed by atoms with Crippen molar-refractivity contribution in [3.63, 3.8) is 0 Å². The summed E-state index contributed by atoms with van der Waals surface area (Å²) >= 11 is 0. The van der Waals surface area contributed by atoms with Crippen molar-refractivity contribution in [2.75, 3.05) is 0 Å². The van der Waals surface area contributed by atoms with Crippen LogP contribution in [-0.4, -0.2) is 41.2 Å². The summed E-state index contributed by atoms with van der Waals surface area (Å²) in [5.41, 5.74) is 3.36. The van der Waals surface area contributed by atoms with Crippen molar-refractivity contribution >= 4 is 34.9 Å². The van der Waals surface area contributed by atoms with Gasteiger partial charge in [-0.3, -0.25) is 14.4 Å². The van der Waals surface area contributed by atoms with Crippen LogP contribution in [0.3, 0.4) is 0 Å². The van der Waals surface area contributed by atoms with E-state index >= 15 is 0 Å². The number of nitrogens with one attached hydrogen (secondary N) is 1. The molecule has 1 N–H and O–H groups in total. The van der Waals surface area contributed by atoms with E-state index in [1.54, 1.807) is 6.92 Å². The van der Waals surface area contributed by atoms with Crippen molar-refractivity contribution in [2.24, 2.45) is 46.3 Å². The largest absolute Gasteiger partial charge is 0.463 e. The molecule has 1 unspecified atom stereocenters. The van der Waals surface area contributed by atoms with Crippen LogP contribution in [0.2, 0.25) is 0 Å². The van der Waals surface area contributed by atoms with Crippen LogP contribution in [0, 0.1) is 53.3 Å². The van der Waals surface area contributed by atoms with E-state index in [0.29, 0.717) is 11.8 Å². The lowest BCUT2D eigenvalue weighted by Gasteiger charge is -2.64. The van der Waals surface area contributed by atoms with E-state index in [0.717, 1.165) is 56.9 Å². The Kier molecular flexibility index (Phi) is 8.92. The fraction of sp³-hybridized carbons (Fsp3) is 0.667. The van der Waals surface area contributed by atoms with Gasteiger partial charge in [0.05, 0.1) is 0 Å². The van der Waals surface area contributed by atoms with Crippen molar-refractivity contribution in [3.05, 3.63) is 41.6 Å². The van der Waals surface area contributed by atoms with Crippen LogP contribution < -0.4 is 0 Å². The Balaban J connectivity index is 1.29. The summed E-state index contributed by atoms with van der Waals surface area (Å²) in [5, 5.41) is 1.24. The first kappa shape index (κ1) is 32.8. The lowest BCUT2D eigenvalue weighted by molar-refractivity contribution is -0.224. The first-order valence-electron chi connectivity index (χ1n) is 17.6. The average molecular weight is 632 g/mol. The highest BCUT2D eigenvalue weighted by Crippen LogP contribution is 2.69. The lowest BCUT2D eigenvalue weighted by Crippen LogP contribution is -2.63. The van der Waals surface area contributed by atoms with Crippen LogP contribution in [0.5, 0.6) is 0 Å². The van der Waals surface area contributed by atoms with E-state index in [-0.39, 0.29) is 70.7 Å². The first-order chi connectivity index (χ1) is 21.8. The van der Waals surface area contributed by atoms with Gasteiger partial charge in [-0.1, -0.05) is 51.1 Å². The predicted molar refractivity (Wildman–Crippen MR) is 178 cm³/mol. The van der Waals surface area contributed by atoms with E-state index in [4.69, 9.17) is 14.2 Å². The third kappa shape index (κ3) is 5.70. The van der Waals surface area contributed by atoms with Gasteiger partial charge in [0.1, 0.15) is 18.3 Å². The Hall–Kier alpha value is -3.09. The summed E-state index contributed by atoms with van der Waals surface area (Å²) < 4.78 is 18.3. The van der Waals surface area contributed by atoms with Crippen LogP contribution in [0.25, 0.3) is 17.0 Å². The summed E-state index contributed by atoms with van der Waals surface area (Å²) in [6.45, 7) is 13.8. The average Bonchev–Trinajstić information content (AvgIpc) is 3.50. The van der Waals surface area contributed by atoms with Gasteiger partial charge in [0.15, 0.2) is 0 Å². The van der Waals surface area contributed by atoms with Crippen LogP contribution >= 0.6 is 0 Å². The summed E-state index contributed by atoms with van der Waals surface area (Å²) in [6.07, 6.45) is 11.4. The highest BCUT2D eigenvalue weighted by atomic mass is 16.6. The number of hydrogen-bond acceptors (Lipinski definition) is 6. The van der Waals surface area contributed by atoms with E-state index in [2.05, 4.69) is 69.1 Å². The molecule has 7 heteroatoms. The number of allylic oxidation sites excluding steroid dienone is 1. The molecule has 1 aromatic carbocycles. The third-order valence-corrected chi connectivity index (χ3v) is 13.1. The van der Waals surface area contributed by atoms with E-state index in [1.165, 1.54) is 30.5 Å². The lowest BCUT2D eigenvalue weighted by atomic mass is 9.43. The molecule has 6 rings (SSSR count). The number of fused-ring (bicyclic) bond motifs is 6. The number of H-pyrrole nitrogens is 1. The topological polar surface area (TPSA) is 94.7 Å². The smallest absolute Gasteiger partial charge is 0.302 e. The number of hydrogen-bond donors (Lipinski definition) is 1. The van der Waals surface area contributed by atoms with Crippen molar-refractivity contribution < 1.29 is 28.6 Å². The monoisotopic (exact) mass is 631 g/mol. The SMILES string of the molecule is CC(=O)O[C@@H]1CC[C@@]2(C)[C@@H](C1)C[C@@H](OC(C)=O)[C@@H]1[C@@H]2C[C@H](OC(C)=O)[C@]2(C)C([C@H](C)C/C=C/c3c(C)[nH]c4ccccc34)CC[C@@H]12. The second-order valence-electron chi connectivity index (χ2n) is 15.6. The van der Waals surface area contributed by atoms with E-state index in [9.17, 15) is 14.4 Å². The molecule has 0 spiro atoms. The minimum atomic E-state index is -0.236. The van der Waals surface area contributed by atoms with Gasteiger partial charge >= 0.3 is 17.9 Å². The molecule has 46 heavy (non-hydrogen) atoms. The highest BCUT2D eigenvalue weighted by Gasteiger charge is 2.67. The Morgan fingerprint density at radius 1 is 0.935 bits per heavy atom. The number of benzene rings is 1. The number of esters is 3. The van der Waals surface area contributed by atoms with Gasteiger partial charge in [-0.15, -0.1) is 0 Å². The van der Waals surface area contributed by atoms with Gasteiger partial charge in [0.2, 0.25) is 0 Å². The number of aryl methyl sites for hydroxylation is 1. The fourth-order valence-corrected chi connectivity index (χ4v) is 11.2. The maximum absolute atomic E-state index is 12.7. The molecule has 1 heterocycles. The predicted octanol–water partition coefficient (Wildman–Crippen LogP) is 8.19. The Labute approximate surface area is 274 Å². The van der Waals surface area contributed by atoms with Gasteiger partial charge in [0, 0.05) is 54.3 Å². The standard InChI is InChI=1S/C39H53NO6/c1-22(11-10-13-29-23(2)40-34-14-9-8-12-30(29)34)31-15-16-32-37-33(21-36(39(31,32)7)46-26(5)43)38(6)18-17-28(44-24(3)41)19-27(38)20-35(37)45-25(4)42/h8-10,12-14,22,27-28,31-33,35-37,40H,11,15-21H2,1-7H3/b13-10+/t22-,27+,28-,31?,32+,33+,35-,36+,37+,38+,39-/m1/s1. The number of ether oxygens (including phenoxy) is 3. The van der Waals surface area contributed by atoms with Crippen molar-refractivity contribution in [1.29, 1.82) is 0 Å². The van der Waals surface area contributed by atoms with Gasteiger partial charge in [-0.25, -0.2) is 0 Å². The van der Waals surface area contributed by atoms with Crippen LogP contribution in [0.4, 0.5) is 0 Å². The van der Waals surface area contributed by atoms with Gasteiger partial charge in [-0.05, 0) is 99.4 Å². The number of rotatable bonds is 7. The minimum absolute atomic E-state index is 0.00132. The number of carbonyl (C=O) groups is 3. The number of aromatic nitrogens is 1. The molecule has 1 aromatic heterocycles. The zero-order chi connectivity index (χ0) is 33.0. The molecule has 4 fully saturated rings. The van der Waals surface area contributed by atoms with E-state index in [1.807, 2.05) is 0 Å². The molecule has 2 aromatic rings. The van der Waals surface area contributed by atoms with Crippen molar-refractivity contribution in [3.8, 4) is 0 Å². The molecule has 4 saturated carbocycles. The summed E-state index contributed by atoms with van der Waals surface area (Å²) in [6, 6.07) is 8.44. The number of aromatic amines is 1. The summed E-state index contributed by atoms with van der Waals surface area (Å²) in [7, 11) is 0. The molecule has 11 atom stereocenters. The molecule has 0 radical (unpaired) electrons. The normalized spacial score (nSPS) is 37.6. The molecule has 0 bridgehead atoms. The van der Waals surface area contributed by atoms with Crippen LogP contribution in [0.1, 0.15) is 104 Å². The number of carbonyl (C=O) groups excluding carboxylic acids is 3. The Morgan fingerprint density at radius 2 is 1.65 bits per heavy atom. The highest BCUT2D eigenvalue weighted by molar-refractivity contribution is 5.90. The maximum Gasteiger partial charge on any atom is 0.302 e. The second-order valence-corrected chi connectivity index (χ2v) is 15.6. The molecule has 4 aliphatic rings. The zero-order valence-corrected chi connectivity index (χ0v) is 28.8. The quantitative estimate of drug-likeness (QED) is 0.245. The molecule has 0 amide bonds. The number of para-hydroxylation sites is 1. The molecule has 4 aliphatic carbocycles. The third-order valence-electron chi connectivity index (χ3n) is 13.1. The fourth-order valence-electron chi connectivity index (χ4n) is 11.2. The molecule has 0 saturated heterocycles. The molecular weight excluding hydrogens is 578 g/mol. The van der Waals surface area contributed by atoms with Gasteiger partial charge in [0.25, 0.3) is 0 Å². The Bertz CT molecular complexity index is 1510. The van der Waals surface area contributed by atoms with Gasteiger partial charge < -0.3 is 19.2 Å². The van der Waals surface area contributed by atoms with Crippen LogP contribution in [-0.2, 0) is 28.6 Å². The summed E-state index contributed by atoms with van der Waals surface area (Å²) in [4.78, 5) is 40.6. The Morgan fingerprint density at radius 3 is 2.37 bits per heavy atom. The first-order valence-corrected chi connectivity index (χ1v) is 17.6. The molecule has 0 aliphatic heterocycles. The van der Waals surface area contributed by atoms with Crippen molar-refractivity contribution in [2.45, 2.75) is 118 Å². The molecule has 250 valence electrons. The molecular formula is C39H53NO6. The molecule has 7 nitrogen and oxygen atoms in total.